The number of hydroxylamine groups is 1. The quantitative estimate of drug-likeness (QED) is 0.169. The highest BCUT2D eigenvalue weighted by Gasteiger charge is 2.30. The predicted molar refractivity (Wildman–Crippen MR) is 120 cm³/mol. The molecule has 0 radical (unpaired) electrons. The van der Waals surface area contributed by atoms with Crippen LogP contribution in [-0.4, -0.2) is 50.2 Å². The summed E-state index contributed by atoms with van der Waals surface area (Å²) in [5.74, 6) is -1.46. The van der Waals surface area contributed by atoms with Crippen molar-refractivity contribution in [3.8, 4) is 5.75 Å². The van der Waals surface area contributed by atoms with E-state index in [1.54, 1.807) is 36.7 Å². The Balaban J connectivity index is 2.17. The Bertz CT molecular complexity index is 953. The number of hydrogen-bond donors (Lipinski definition) is 3. The van der Waals surface area contributed by atoms with Gasteiger partial charge in [-0.3, -0.25) is 14.8 Å². The van der Waals surface area contributed by atoms with Crippen LogP contribution in [0.25, 0.3) is 0 Å². The number of rotatable bonds is 13. The third-order valence-corrected chi connectivity index (χ3v) is 5.17. The van der Waals surface area contributed by atoms with E-state index in [-0.39, 0.29) is 31.8 Å². The average Bonchev–Trinajstić information content (AvgIpc) is 2.85. The van der Waals surface area contributed by atoms with Crippen LogP contribution >= 0.6 is 0 Å². The molecule has 0 saturated carbocycles. The Morgan fingerprint density at radius 1 is 1.09 bits per heavy atom. The van der Waals surface area contributed by atoms with Crippen molar-refractivity contribution in [3.05, 3.63) is 65.2 Å². The van der Waals surface area contributed by atoms with E-state index >= 15 is 0 Å². The lowest BCUT2D eigenvalue weighted by molar-refractivity contribution is -0.137. The number of carbonyl (C=O) groups excluding carboxylic acids is 2. The molecule has 0 aliphatic heterocycles. The van der Waals surface area contributed by atoms with Crippen LogP contribution < -0.4 is 15.5 Å². The molecular formula is C24H29F3N2O6. The molecule has 2 aromatic rings. The molecule has 8 nitrogen and oxygen atoms in total. The standard InChI is InChI=1S/C24H29F3N2O6/c1-3-34-15-35-14-20(28-22(30)17-7-9-19(10-8-17)24(25,26)27)13-18(23(31)29-32)11-16-5-4-6-21(12-16)33-2/h4-10,12,18,20,32H,3,11,13-15H2,1-2H3,(H,28,30)(H,29,31)/t18-,20-/m0/s1. The Labute approximate surface area is 201 Å². The van der Waals surface area contributed by atoms with Gasteiger partial charge in [0.15, 0.2) is 0 Å². The van der Waals surface area contributed by atoms with E-state index in [0.29, 0.717) is 12.4 Å². The summed E-state index contributed by atoms with van der Waals surface area (Å²) in [5.41, 5.74) is 1.56. The normalized spacial score (nSPS) is 13.1. The largest absolute Gasteiger partial charge is 0.497 e. The van der Waals surface area contributed by atoms with E-state index in [9.17, 15) is 28.0 Å². The van der Waals surface area contributed by atoms with Crippen molar-refractivity contribution in [2.45, 2.75) is 32.0 Å². The van der Waals surface area contributed by atoms with Gasteiger partial charge in [0.05, 0.1) is 25.3 Å². The Hall–Kier alpha value is -3.15. The minimum absolute atomic E-state index is 0.0174. The molecule has 2 aromatic carbocycles. The molecule has 35 heavy (non-hydrogen) atoms. The molecule has 0 bridgehead atoms. The summed E-state index contributed by atoms with van der Waals surface area (Å²) in [5, 5.41) is 11.9. The van der Waals surface area contributed by atoms with Gasteiger partial charge in [-0.2, -0.15) is 13.2 Å². The summed E-state index contributed by atoms with van der Waals surface area (Å²) >= 11 is 0. The number of amides is 2. The number of benzene rings is 2. The highest BCUT2D eigenvalue weighted by atomic mass is 19.4. The molecule has 2 atom stereocenters. The van der Waals surface area contributed by atoms with Crippen LogP contribution in [0.4, 0.5) is 13.2 Å². The SMILES string of the molecule is CCOCOC[C@H](C[C@H](Cc1cccc(OC)c1)C(=O)NO)NC(=O)c1ccc(C(F)(F)F)cc1. The molecular weight excluding hydrogens is 469 g/mol. The van der Waals surface area contributed by atoms with Gasteiger partial charge in [0.1, 0.15) is 12.5 Å². The summed E-state index contributed by atoms with van der Waals surface area (Å²) in [6.07, 6.45) is -4.22. The summed E-state index contributed by atoms with van der Waals surface area (Å²) in [6, 6.07) is 10.1. The van der Waals surface area contributed by atoms with Crippen molar-refractivity contribution in [1.29, 1.82) is 0 Å². The third kappa shape index (κ3) is 9.19. The summed E-state index contributed by atoms with van der Waals surface area (Å²) < 4.78 is 54.2. The van der Waals surface area contributed by atoms with Crippen LogP contribution in [0.2, 0.25) is 0 Å². The maximum absolute atomic E-state index is 12.8. The van der Waals surface area contributed by atoms with Gasteiger partial charge in [0, 0.05) is 18.1 Å². The monoisotopic (exact) mass is 498 g/mol. The topological polar surface area (TPSA) is 106 Å². The zero-order chi connectivity index (χ0) is 25.8. The summed E-state index contributed by atoms with van der Waals surface area (Å²) in [4.78, 5) is 25.1. The molecule has 0 unspecified atom stereocenters. The van der Waals surface area contributed by atoms with Gasteiger partial charge in [-0.25, -0.2) is 5.48 Å². The van der Waals surface area contributed by atoms with E-state index < -0.39 is 35.5 Å². The second-order valence-corrected chi connectivity index (χ2v) is 7.69. The Kier molecular flexibility index (Phi) is 11.0. The van der Waals surface area contributed by atoms with Crippen molar-refractivity contribution < 1.29 is 42.2 Å². The maximum Gasteiger partial charge on any atom is 0.416 e. The first-order valence-corrected chi connectivity index (χ1v) is 10.9. The second-order valence-electron chi connectivity index (χ2n) is 7.69. The zero-order valence-electron chi connectivity index (χ0n) is 19.4. The van der Waals surface area contributed by atoms with Gasteiger partial charge in [0.2, 0.25) is 5.91 Å². The number of hydrogen-bond acceptors (Lipinski definition) is 6. The molecule has 0 aromatic heterocycles. The Morgan fingerprint density at radius 2 is 1.80 bits per heavy atom. The van der Waals surface area contributed by atoms with E-state index in [2.05, 4.69) is 5.32 Å². The van der Waals surface area contributed by atoms with Crippen LogP contribution in [0.15, 0.2) is 48.5 Å². The number of nitrogens with one attached hydrogen (secondary N) is 2. The fourth-order valence-electron chi connectivity index (χ4n) is 3.38. The first-order chi connectivity index (χ1) is 16.7. The molecule has 0 aliphatic carbocycles. The molecule has 2 rings (SSSR count). The van der Waals surface area contributed by atoms with E-state index in [1.165, 1.54) is 7.11 Å². The van der Waals surface area contributed by atoms with Crippen LogP contribution in [0.5, 0.6) is 5.75 Å². The number of carbonyl (C=O) groups is 2. The number of halogens is 3. The van der Waals surface area contributed by atoms with Gasteiger partial charge in [-0.15, -0.1) is 0 Å². The Morgan fingerprint density at radius 3 is 2.40 bits per heavy atom. The van der Waals surface area contributed by atoms with Crippen molar-refractivity contribution >= 4 is 11.8 Å². The summed E-state index contributed by atoms with van der Waals surface area (Å²) in [7, 11) is 1.51. The minimum Gasteiger partial charge on any atom is -0.497 e. The van der Waals surface area contributed by atoms with Gasteiger partial charge >= 0.3 is 6.18 Å². The fourth-order valence-corrected chi connectivity index (χ4v) is 3.38. The minimum atomic E-state index is -4.52. The second kappa shape index (κ2) is 13.7. The highest BCUT2D eigenvalue weighted by molar-refractivity contribution is 5.94. The first kappa shape index (κ1) is 28.1. The summed E-state index contributed by atoms with van der Waals surface area (Å²) in [6.45, 7) is 2.12. The van der Waals surface area contributed by atoms with E-state index in [0.717, 1.165) is 29.8 Å². The van der Waals surface area contributed by atoms with Crippen LogP contribution in [0.3, 0.4) is 0 Å². The van der Waals surface area contributed by atoms with Gasteiger partial charge in [-0.1, -0.05) is 12.1 Å². The molecule has 0 spiro atoms. The third-order valence-electron chi connectivity index (χ3n) is 5.17. The van der Waals surface area contributed by atoms with Crippen molar-refractivity contribution in [2.24, 2.45) is 5.92 Å². The van der Waals surface area contributed by atoms with E-state index in [4.69, 9.17) is 14.2 Å². The fraction of sp³-hybridized carbons (Fsp3) is 0.417. The van der Waals surface area contributed by atoms with Crippen molar-refractivity contribution in [1.82, 2.24) is 10.8 Å². The van der Waals surface area contributed by atoms with Crippen LogP contribution in [0.1, 0.15) is 34.8 Å². The van der Waals surface area contributed by atoms with Gasteiger partial charge in [0.25, 0.3) is 5.91 Å². The zero-order valence-corrected chi connectivity index (χ0v) is 19.4. The van der Waals surface area contributed by atoms with Gasteiger partial charge in [-0.05, 0) is 61.7 Å². The molecule has 0 heterocycles. The highest BCUT2D eigenvalue weighted by Crippen LogP contribution is 2.29. The number of methoxy groups -OCH3 is 1. The van der Waals surface area contributed by atoms with E-state index in [1.807, 2.05) is 0 Å². The van der Waals surface area contributed by atoms with Crippen molar-refractivity contribution in [2.75, 3.05) is 27.1 Å². The molecule has 192 valence electrons. The molecule has 0 aliphatic rings. The smallest absolute Gasteiger partial charge is 0.416 e. The molecule has 0 fully saturated rings. The molecule has 11 heteroatoms. The lowest BCUT2D eigenvalue weighted by Crippen LogP contribution is -2.42. The molecule has 2 amide bonds. The predicted octanol–water partition coefficient (Wildman–Crippen LogP) is 3.58. The van der Waals surface area contributed by atoms with Gasteiger partial charge < -0.3 is 19.5 Å². The van der Waals surface area contributed by atoms with Crippen LogP contribution in [0, 0.1) is 5.92 Å². The number of ether oxygens (including phenoxy) is 3. The average molecular weight is 498 g/mol. The van der Waals surface area contributed by atoms with Crippen molar-refractivity contribution in [3.63, 3.8) is 0 Å². The molecule has 0 saturated heterocycles. The first-order valence-electron chi connectivity index (χ1n) is 10.9. The lowest BCUT2D eigenvalue weighted by atomic mass is 9.92. The molecule has 3 N–H and O–H groups in total. The van der Waals surface area contributed by atoms with Crippen LogP contribution in [-0.2, 0) is 26.9 Å². The maximum atomic E-state index is 12.8. The number of alkyl halides is 3. The lowest BCUT2D eigenvalue weighted by Gasteiger charge is -2.24.